The van der Waals surface area contributed by atoms with Crippen molar-refractivity contribution >= 4 is 23.5 Å². The molecule has 4 fully saturated rings. The van der Waals surface area contributed by atoms with Gasteiger partial charge < -0.3 is 14.2 Å². The van der Waals surface area contributed by atoms with E-state index in [1.165, 1.54) is 13.8 Å². The quantitative estimate of drug-likeness (QED) is 0.298. The molecule has 5 rings (SSSR count). The Morgan fingerprint density at radius 1 is 1.10 bits per heavy atom. The molecule has 220 valence electrons. The second-order valence-corrected chi connectivity index (χ2v) is 14.1. The van der Waals surface area contributed by atoms with E-state index < -0.39 is 35.5 Å². The van der Waals surface area contributed by atoms with E-state index >= 15 is 0 Å². The summed E-state index contributed by atoms with van der Waals surface area (Å²) in [5.41, 5.74) is -0.145. The molecule has 0 N–H and O–H groups in total. The SMILES string of the molecule is C=C(C(=O)[C@H](OC(C)=O)C1[C@@H](OC(C)=O)C[C@@]2(C)[C@@H]3CC[C@H]4[C@H](C)C(=O)C=C[C@@]45C[C@@]35CC[C@]12C)[C@@H](C)COC. The summed E-state index contributed by atoms with van der Waals surface area (Å²) in [6.45, 7) is 15.6. The molecule has 0 radical (unpaired) electrons. The Hall–Kier alpha value is -2.28. The topological polar surface area (TPSA) is 96.0 Å². The summed E-state index contributed by atoms with van der Waals surface area (Å²) in [6, 6.07) is 0. The molecule has 7 heteroatoms. The molecule has 0 heterocycles. The van der Waals surface area contributed by atoms with Crippen LogP contribution in [0.3, 0.4) is 0 Å². The average Bonchev–Trinajstić information content (AvgIpc) is 3.49. The van der Waals surface area contributed by atoms with Crippen molar-refractivity contribution in [3.05, 3.63) is 24.3 Å². The third-order valence-corrected chi connectivity index (χ3v) is 12.6. The van der Waals surface area contributed by atoms with Crippen LogP contribution in [0.2, 0.25) is 0 Å². The highest BCUT2D eigenvalue weighted by molar-refractivity contribution is 6.00. The van der Waals surface area contributed by atoms with Gasteiger partial charge in [-0.1, -0.05) is 40.3 Å². The Labute approximate surface area is 238 Å². The Morgan fingerprint density at radius 2 is 1.80 bits per heavy atom. The molecular weight excluding hydrogens is 508 g/mol. The number of rotatable bonds is 8. The molecule has 2 spiro atoms. The lowest BCUT2D eigenvalue weighted by Gasteiger charge is -2.60. The molecule has 0 aromatic rings. The zero-order valence-corrected chi connectivity index (χ0v) is 25.2. The minimum Gasteiger partial charge on any atom is -0.462 e. The van der Waals surface area contributed by atoms with Crippen LogP contribution in [-0.4, -0.2) is 49.4 Å². The fourth-order valence-electron chi connectivity index (χ4n) is 10.5. The number of Topliss-reactive ketones (excluding diaryl/α,β-unsaturated/α-hetero) is 1. The summed E-state index contributed by atoms with van der Waals surface area (Å²) in [4.78, 5) is 51.5. The average molecular weight is 555 g/mol. The van der Waals surface area contributed by atoms with E-state index in [0.29, 0.717) is 30.4 Å². The van der Waals surface area contributed by atoms with E-state index in [2.05, 4.69) is 33.4 Å². The summed E-state index contributed by atoms with van der Waals surface area (Å²) >= 11 is 0. The lowest BCUT2D eigenvalue weighted by atomic mass is 9.43. The van der Waals surface area contributed by atoms with Crippen LogP contribution in [0.4, 0.5) is 0 Å². The van der Waals surface area contributed by atoms with Gasteiger partial charge in [0.05, 0.1) is 6.61 Å². The van der Waals surface area contributed by atoms with Crippen LogP contribution in [0, 0.1) is 51.2 Å². The number of carbonyl (C=O) groups is 4. The number of carbonyl (C=O) groups excluding carboxylic acids is 4. The molecule has 0 aromatic heterocycles. The van der Waals surface area contributed by atoms with Crippen molar-refractivity contribution in [3.8, 4) is 0 Å². The van der Waals surface area contributed by atoms with Crippen molar-refractivity contribution in [2.45, 2.75) is 92.3 Å². The largest absolute Gasteiger partial charge is 0.462 e. The van der Waals surface area contributed by atoms with Crippen molar-refractivity contribution in [2.75, 3.05) is 13.7 Å². The number of methoxy groups -OCH3 is 1. The first-order valence-electron chi connectivity index (χ1n) is 15.0. The van der Waals surface area contributed by atoms with Gasteiger partial charge in [0.1, 0.15) is 6.10 Å². The molecule has 4 saturated carbocycles. The second-order valence-electron chi connectivity index (χ2n) is 14.1. The number of ether oxygens (including phenoxy) is 3. The van der Waals surface area contributed by atoms with Crippen molar-refractivity contribution < 1.29 is 33.4 Å². The third kappa shape index (κ3) is 3.85. The van der Waals surface area contributed by atoms with Crippen LogP contribution >= 0.6 is 0 Å². The molecule has 0 aromatic carbocycles. The highest BCUT2D eigenvalue weighted by Crippen LogP contribution is 2.87. The Balaban J connectivity index is 1.56. The minimum absolute atomic E-state index is 0.0441. The standard InChI is InChI=1S/C33H46O7/c1-18(16-38-8)19(2)28(37)29(40-22(5)35)27-25(39-21(4)34)15-31(7)26-10-9-23-20(3)24(36)11-12-32(23)17-33(26,32)14-13-30(27,31)6/h11-12,18,20,23,25-27,29H,2,9-10,13-17H2,1,3-8H3/t18-,20-,23-,25-,26-,27?,29+,30+,31-,32+,33-/m0/s1. The third-order valence-electron chi connectivity index (χ3n) is 12.6. The molecule has 1 unspecified atom stereocenters. The Morgan fingerprint density at radius 3 is 2.42 bits per heavy atom. The number of esters is 2. The van der Waals surface area contributed by atoms with Gasteiger partial charge in [-0.3, -0.25) is 19.2 Å². The van der Waals surface area contributed by atoms with Crippen LogP contribution in [0.5, 0.6) is 0 Å². The van der Waals surface area contributed by atoms with Crippen molar-refractivity contribution in [3.63, 3.8) is 0 Å². The zero-order chi connectivity index (χ0) is 29.4. The summed E-state index contributed by atoms with van der Waals surface area (Å²) in [6.07, 6.45) is 7.94. The van der Waals surface area contributed by atoms with E-state index in [9.17, 15) is 19.2 Å². The summed E-state index contributed by atoms with van der Waals surface area (Å²) in [7, 11) is 1.58. The Kier molecular flexibility index (Phi) is 7.04. The first-order chi connectivity index (χ1) is 18.7. The molecule has 0 aliphatic heterocycles. The van der Waals surface area contributed by atoms with Crippen LogP contribution in [0.15, 0.2) is 24.3 Å². The lowest BCUT2D eigenvalue weighted by molar-refractivity contribution is -0.173. The van der Waals surface area contributed by atoms with Gasteiger partial charge in [-0.05, 0) is 83.7 Å². The molecule has 11 atom stereocenters. The fraction of sp³-hybridized carbons (Fsp3) is 0.758. The zero-order valence-electron chi connectivity index (χ0n) is 25.2. The minimum atomic E-state index is -1.09. The van der Waals surface area contributed by atoms with E-state index in [0.717, 1.165) is 32.1 Å². The van der Waals surface area contributed by atoms with E-state index in [1.54, 1.807) is 7.11 Å². The number of hydrogen-bond acceptors (Lipinski definition) is 7. The number of hydrogen-bond donors (Lipinski definition) is 0. The molecular formula is C33H46O7. The summed E-state index contributed by atoms with van der Waals surface area (Å²) < 4.78 is 17.2. The predicted octanol–water partition coefficient (Wildman–Crippen LogP) is 5.26. The monoisotopic (exact) mass is 554 g/mol. The second kappa shape index (κ2) is 9.64. The van der Waals surface area contributed by atoms with Gasteiger partial charge in [-0.2, -0.15) is 0 Å². The smallest absolute Gasteiger partial charge is 0.303 e. The van der Waals surface area contributed by atoms with Crippen molar-refractivity contribution in [1.29, 1.82) is 0 Å². The van der Waals surface area contributed by atoms with Gasteiger partial charge >= 0.3 is 11.9 Å². The van der Waals surface area contributed by atoms with E-state index in [1.807, 2.05) is 13.0 Å². The van der Waals surface area contributed by atoms with Gasteiger partial charge in [0, 0.05) is 38.7 Å². The fourth-order valence-corrected chi connectivity index (χ4v) is 10.5. The predicted molar refractivity (Wildman–Crippen MR) is 149 cm³/mol. The van der Waals surface area contributed by atoms with Gasteiger partial charge in [0.25, 0.3) is 0 Å². The van der Waals surface area contributed by atoms with E-state index in [4.69, 9.17) is 14.2 Å². The van der Waals surface area contributed by atoms with Crippen LogP contribution < -0.4 is 0 Å². The van der Waals surface area contributed by atoms with E-state index in [-0.39, 0.29) is 39.6 Å². The normalized spacial score (nSPS) is 44.3. The number of fused-ring (bicyclic) bond motifs is 2. The first-order valence-corrected chi connectivity index (χ1v) is 15.0. The van der Waals surface area contributed by atoms with Crippen molar-refractivity contribution in [1.82, 2.24) is 0 Å². The molecule has 40 heavy (non-hydrogen) atoms. The van der Waals surface area contributed by atoms with Crippen LogP contribution in [0.25, 0.3) is 0 Å². The molecule has 0 bridgehead atoms. The highest BCUT2D eigenvalue weighted by Gasteiger charge is 2.82. The Bertz CT molecular complexity index is 1170. The maximum Gasteiger partial charge on any atom is 0.303 e. The van der Waals surface area contributed by atoms with Crippen LogP contribution in [0.1, 0.15) is 80.1 Å². The highest BCUT2D eigenvalue weighted by atomic mass is 16.6. The molecule has 0 amide bonds. The van der Waals surface area contributed by atoms with Gasteiger partial charge in [0.2, 0.25) is 0 Å². The van der Waals surface area contributed by atoms with Gasteiger partial charge in [0.15, 0.2) is 17.7 Å². The van der Waals surface area contributed by atoms with Crippen LogP contribution in [-0.2, 0) is 33.4 Å². The maximum atomic E-state index is 14.0. The number of allylic oxidation sites excluding steroid dienone is 2. The molecule has 0 saturated heterocycles. The molecule has 5 aliphatic carbocycles. The lowest BCUT2D eigenvalue weighted by Crippen LogP contribution is -2.57. The summed E-state index contributed by atoms with van der Waals surface area (Å²) in [5.74, 6) is -0.981. The first kappa shape index (κ1) is 29.2. The van der Waals surface area contributed by atoms with Gasteiger partial charge in [-0.25, -0.2) is 0 Å². The molecule has 7 nitrogen and oxygen atoms in total. The van der Waals surface area contributed by atoms with Gasteiger partial charge in [-0.15, -0.1) is 0 Å². The number of ketones is 2. The maximum absolute atomic E-state index is 14.0. The summed E-state index contributed by atoms with van der Waals surface area (Å²) in [5, 5.41) is 0. The molecule has 5 aliphatic rings. The van der Waals surface area contributed by atoms with Crippen molar-refractivity contribution in [2.24, 2.45) is 51.2 Å².